The lowest BCUT2D eigenvalue weighted by Gasteiger charge is -2.27. The summed E-state index contributed by atoms with van der Waals surface area (Å²) >= 11 is 0. The molecule has 1 fully saturated rings. The van der Waals surface area contributed by atoms with Crippen molar-refractivity contribution in [1.29, 1.82) is 0 Å². The van der Waals surface area contributed by atoms with Crippen molar-refractivity contribution < 1.29 is 23.1 Å². The molecule has 1 aromatic carbocycles. The predicted molar refractivity (Wildman–Crippen MR) is 65.6 cm³/mol. The van der Waals surface area contributed by atoms with E-state index >= 15 is 0 Å². The molecule has 4 nitrogen and oxygen atoms in total. The van der Waals surface area contributed by atoms with Crippen LogP contribution < -0.4 is 5.73 Å². The second-order valence-electron chi connectivity index (χ2n) is 4.94. The summed E-state index contributed by atoms with van der Waals surface area (Å²) in [4.78, 5) is 13.4. The third-order valence-electron chi connectivity index (χ3n) is 3.59. The molecule has 0 aromatic heterocycles. The lowest BCUT2D eigenvalue weighted by Crippen LogP contribution is -2.43. The Bertz CT molecular complexity index is 547. The largest absolute Gasteiger partial charge is 0.503 e. The van der Waals surface area contributed by atoms with Crippen molar-refractivity contribution in [2.45, 2.75) is 18.9 Å². The Morgan fingerprint density at radius 2 is 2.05 bits per heavy atom. The quantitative estimate of drug-likeness (QED) is 0.827. The van der Waals surface area contributed by atoms with E-state index in [1.165, 1.54) is 11.9 Å². The highest BCUT2D eigenvalue weighted by Crippen LogP contribution is 2.35. The first kappa shape index (κ1) is 14.6. The van der Waals surface area contributed by atoms with Gasteiger partial charge in [-0.25, -0.2) is 8.78 Å². The second kappa shape index (κ2) is 5.32. The van der Waals surface area contributed by atoms with Gasteiger partial charge < -0.3 is 15.7 Å². The van der Waals surface area contributed by atoms with Crippen LogP contribution in [-0.2, 0) is 0 Å². The molecule has 0 spiro atoms. The van der Waals surface area contributed by atoms with E-state index in [9.17, 15) is 18.0 Å². The van der Waals surface area contributed by atoms with Gasteiger partial charge in [0.15, 0.2) is 17.4 Å². The number of hydrogen-bond acceptors (Lipinski definition) is 3. The van der Waals surface area contributed by atoms with Gasteiger partial charge in [-0.2, -0.15) is 4.39 Å². The van der Waals surface area contributed by atoms with Gasteiger partial charge in [-0.3, -0.25) is 4.79 Å². The Kier molecular flexibility index (Phi) is 3.89. The molecule has 0 heterocycles. The first-order chi connectivity index (χ1) is 9.38. The summed E-state index contributed by atoms with van der Waals surface area (Å²) < 4.78 is 39.9. The molecule has 0 aliphatic heterocycles. The van der Waals surface area contributed by atoms with E-state index in [1.807, 2.05) is 0 Å². The van der Waals surface area contributed by atoms with Gasteiger partial charge in [-0.15, -0.1) is 0 Å². The van der Waals surface area contributed by atoms with Gasteiger partial charge in [0.25, 0.3) is 5.91 Å². The number of carbonyl (C=O) groups is 1. The van der Waals surface area contributed by atoms with E-state index in [4.69, 9.17) is 10.8 Å². The lowest BCUT2D eigenvalue weighted by atomic mass is 10.1. The van der Waals surface area contributed by atoms with Gasteiger partial charge in [-0.1, -0.05) is 0 Å². The lowest BCUT2D eigenvalue weighted by molar-refractivity contribution is 0.0712. The highest BCUT2D eigenvalue weighted by Gasteiger charge is 2.36. The predicted octanol–water partition coefficient (Wildman–Crippen LogP) is 1.62. The summed E-state index contributed by atoms with van der Waals surface area (Å²) in [5.74, 6) is -6.73. The number of hydrogen-bond donors (Lipinski definition) is 2. The van der Waals surface area contributed by atoms with E-state index in [2.05, 4.69) is 0 Å². The minimum Gasteiger partial charge on any atom is -0.503 e. The van der Waals surface area contributed by atoms with Crippen LogP contribution in [0.4, 0.5) is 13.2 Å². The number of likely N-dealkylation sites (N-methyl/N-ethyl adjacent to an activating group) is 1. The van der Waals surface area contributed by atoms with E-state index in [0.29, 0.717) is 6.07 Å². The third-order valence-corrected chi connectivity index (χ3v) is 3.59. The van der Waals surface area contributed by atoms with Gasteiger partial charge >= 0.3 is 0 Å². The van der Waals surface area contributed by atoms with Gasteiger partial charge in [0.05, 0.1) is 5.56 Å². The van der Waals surface area contributed by atoms with Crippen LogP contribution in [-0.4, -0.2) is 35.5 Å². The number of nitrogens with zero attached hydrogens (tertiary/aromatic N) is 1. The summed E-state index contributed by atoms with van der Waals surface area (Å²) in [7, 11) is 1.43. The fraction of sp³-hybridized carbons (Fsp3) is 0.462. The number of phenolic OH excluding ortho intramolecular Hbond substituents is 1. The van der Waals surface area contributed by atoms with E-state index in [-0.39, 0.29) is 18.5 Å². The standard InChI is InChI=1S/C13H15F3N2O2/c1-18(9(5-17)6-2-3-6)13(20)7-4-8(14)11(16)12(19)10(7)15/h4,6,9,19H,2-3,5,17H2,1H3. The maximum Gasteiger partial charge on any atom is 0.257 e. The van der Waals surface area contributed by atoms with Crippen molar-refractivity contribution in [3.8, 4) is 5.75 Å². The maximum absolute atomic E-state index is 13.7. The molecule has 0 radical (unpaired) electrons. The van der Waals surface area contributed by atoms with Crippen molar-refractivity contribution in [2.24, 2.45) is 11.7 Å². The molecule has 1 amide bonds. The van der Waals surface area contributed by atoms with Crippen LogP contribution in [0, 0.1) is 23.4 Å². The van der Waals surface area contributed by atoms with Gasteiger partial charge in [0, 0.05) is 19.6 Å². The molecule has 1 unspecified atom stereocenters. The molecule has 110 valence electrons. The van der Waals surface area contributed by atoms with Crippen LogP contribution in [0.1, 0.15) is 23.2 Å². The molecule has 1 aromatic rings. The average molecular weight is 288 g/mol. The smallest absolute Gasteiger partial charge is 0.257 e. The Balaban J connectivity index is 2.33. The van der Waals surface area contributed by atoms with Crippen LogP contribution >= 0.6 is 0 Å². The van der Waals surface area contributed by atoms with Crippen molar-refractivity contribution in [3.63, 3.8) is 0 Å². The fourth-order valence-electron chi connectivity index (χ4n) is 2.23. The number of halogens is 3. The van der Waals surface area contributed by atoms with Crippen LogP contribution in [0.15, 0.2) is 6.07 Å². The summed E-state index contributed by atoms with van der Waals surface area (Å²) in [6.45, 7) is 0.199. The van der Waals surface area contributed by atoms with E-state index < -0.39 is 34.7 Å². The molecule has 3 N–H and O–H groups in total. The van der Waals surface area contributed by atoms with Crippen molar-refractivity contribution >= 4 is 5.91 Å². The fourth-order valence-corrected chi connectivity index (χ4v) is 2.23. The SMILES string of the molecule is CN(C(=O)c1cc(F)c(F)c(O)c1F)C(CN)C1CC1. The Hall–Kier alpha value is -1.76. The Morgan fingerprint density at radius 1 is 1.45 bits per heavy atom. The Morgan fingerprint density at radius 3 is 2.55 bits per heavy atom. The molecule has 20 heavy (non-hydrogen) atoms. The number of carbonyl (C=O) groups excluding carboxylic acids is 1. The minimum absolute atomic E-state index is 0.199. The molecule has 1 atom stereocenters. The number of nitrogens with two attached hydrogens (primary N) is 1. The number of benzene rings is 1. The van der Waals surface area contributed by atoms with E-state index in [1.54, 1.807) is 0 Å². The molecule has 0 bridgehead atoms. The number of amides is 1. The van der Waals surface area contributed by atoms with Crippen molar-refractivity contribution in [2.75, 3.05) is 13.6 Å². The normalized spacial score (nSPS) is 16.1. The summed E-state index contributed by atoms with van der Waals surface area (Å²) in [5.41, 5.74) is 4.88. The van der Waals surface area contributed by atoms with Crippen LogP contribution in [0.5, 0.6) is 5.75 Å². The van der Waals surface area contributed by atoms with Crippen LogP contribution in [0.25, 0.3) is 0 Å². The number of phenols is 1. The van der Waals surface area contributed by atoms with Crippen molar-refractivity contribution in [1.82, 2.24) is 4.90 Å². The summed E-state index contributed by atoms with van der Waals surface area (Å²) in [6, 6.07) is 0.168. The van der Waals surface area contributed by atoms with E-state index in [0.717, 1.165) is 12.8 Å². The summed E-state index contributed by atoms with van der Waals surface area (Å²) in [5, 5.41) is 9.13. The van der Waals surface area contributed by atoms with Gasteiger partial charge in [0.1, 0.15) is 0 Å². The molecular weight excluding hydrogens is 273 g/mol. The maximum atomic E-state index is 13.7. The third kappa shape index (κ3) is 2.45. The zero-order valence-corrected chi connectivity index (χ0v) is 10.9. The Labute approximate surface area is 114 Å². The number of rotatable bonds is 4. The first-order valence-electron chi connectivity index (χ1n) is 6.22. The van der Waals surface area contributed by atoms with Crippen LogP contribution in [0.3, 0.4) is 0 Å². The molecule has 1 saturated carbocycles. The van der Waals surface area contributed by atoms with Gasteiger partial charge in [-0.05, 0) is 24.8 Å². The minimum atomic E-state index is -1.71. The first-order valence-corrected chi connectivity index (χ1v) is 6.22. The van der Waals surface area contributed by atoms with Crippen LogP contribution in [0.2, 0.25) is 0 Å². The van der Waals surface area contributed by atoms with Crippen molar-refractivity contribution in [3.05, 3.63) is 29.1 Å². The molecule has 1 aliphatic carbocycles. The summed E-state index contributed by atoms with van der Waals surface area (Å²) in [6.07, 6.45) is 1.84. The molecule has 1 aliphatic rings. The average Bonchev–Trinajstić information content (AvgIpc) is 3.25. The topological polar surface area (TPSA) is 66.6 Å². The zero-order valence-electron chi connectivity index (χ0n) is 10.9. The monoisotopic (exact) mass is 288 g/mol. The second-order valence-corrected chi connectivity index (χ2v) is 4.94. The number of aromatic hydroxyl groups is 1. The molecule has 2 rings (SSSR count). The highest BCUT2D eigenvalue weighted by atomic mass is 19.2. The highest BCUT2D eigenvalue weighted by molar-refractivity contribution is 5.95. The van der Waals surface area contributed by atoms with Gasteiger partial charge in [0.2, 0.25) is 5.82 Å². The zero-order chi connectivity index (χ0) is 15.0. The molecule has 0 saturated heterocycles. The molecular formula is C13H15F3N2O2. The molecule has 7 heteroatoms.